The molecule has 0 aliphatic heterocycles. The van der Waals surface area contributed by atoms with E-state index in [4.69, 9.17) is 0 Å². The highest BCUT2D eigenvalue weighted by Crippen LogP contribution is 2.64. The van der Waals surface area contributed by atoms with E-state index in [9.17, 15) is 32.6 Å². The molecule has 1 heterocycles. The van der Waals surface area contributed by atoms with Gasteiger partial charge in [0, 0.05) is 22.7 Å². The Morgan fingerprint density at radius 3 is 2.41 bits per heavy atom. The van der Waals surface area contributed by atoms with Crippen molar-refractivity contribution in [1.82, 2.24) is 4.57 Å². The fraction of sp³-hybridized carbons (Fsp3) is 0.375. The number of aromatic hydroxyl groups is 1. The van der Waals surface area contributed by atoms with Crippen LogP contribution in [0.15, 0.2) is 36.4 Å². The van der Waals surface area contributed by atoms with Crippen molar-refractivity contribution >= 4 is 16.9 Å². The summed E-state index contributed by atoms with van der Waals surface area (Å²) < 4.78 is 58.0. The van der Waals surface area contributed by atoms with Crippen molar-refractivity contribution in [2.45, 2.75) is 51.6 Å². The van der Waals surface area contributed by atoms with Gasteiger partial charge in [0.2, 0.25) is 0 Å². The number of benzene rings is 2. The molecule has 32 heavy (non-hydrogen) atoms. The van der Waals surface area contributed by atoms with Gasteiger partial charge in [-0.15, -0.1) is 0 Å². The lowest BCUT2D eigenvalue weighted by Crippen LogP contribution is -2.55. The number of rotatable bonds is 4. The van der Waals surface area contributed by atoms with Crippen molar-refractivity contribution < 1.29 is 32.6 Å². The molecule has 1 aromatic heterocycles. The fourth-order valence-corrected chi connectivity index (χ4v) is 5.02. The third-order valence-corrected chi connectivity index (χ3v) is 6.65. The molecule has 8 heteroatoms. The van der Waals surface area contributed by atoms with E-state index >= 15 is 0 Å². The first kappa shape index (κ1) is 22.2. The van der Waals surface area contributed by atoms with E-state index in [0.717, 1.165) is 0 Å². The van der Waals surface area contributed by atoms with Crippen LogP contribution < -0.4 is 0 Å². The van der Waals surface area contributed by atoms with Crippen molar-refractivity contribution in [2.24, 2.45) is 5.41 Å². The summed E-state index contributed by atoms with van der Waals surface area (Å²) in [4.78, 5) is 12.0. The first-order valence-corrected chi connectivity index (χ1v) is 10.3. The van der Waals surface area contributed by atoms with Crippen molar-refractivity contribution in [2.75, 3.05) is 0 Å². The third kappa shape index (κ3) is 2.92. The number of hydrogen-bond acceptors (Lipinski definition) is 2. The van der Waals surface area contributed by atoms with E-state index in [2.05, 4.69) is 0 Å². The van der Waals surface area contributed by atoms with Crippen LogP contribution >= 0.6 is 0 Å². The number of aryl methyl sites for hydroxylation is 1. The van der Waals surface area contributed by atoms with Gasteiger partial charge in [0.05, 0.1) is 5.52 Å². The van der Waals surface area contributed by atoms with Crippen LogP contribution in [0, 0.1) is 18.2 Å². The molecule has 2 unspecified atom stereocenters. The molecule has 3 aromatic rings. The molecule has 0 spiro atoms. The predicted molar refractivity (Wildman–Crippen MR) is 112 cm³/mol. The van der Waals surface area contributed by atoms with Crippen molar-refractivity contribution in [3.05, 3.63) is 59.0 Å². The Bertz CT molecular complexity index is 1230. The Kier molecular flexibility index (Phi) is 5.02. The van der Waals surface area contributed by atoms with Crippen molar-refractivity contribution in [3.63, 3.8) is 0 Å². The second-order valence-corrected chi connectivity index (χ2v) is 8.76. The maximum absolute atomic E-state index is 14.1. The number of fused-ring (bicyclic) bond motifs is 1. The monoisotopic (exact) mass is 449 g/mol. The van der Waals surface area contributed by atoms with Gasteiger partial charge >= 0.3 is 12.1 Å². The van der Waals surface area contributed by atoms with Crippen LogP contribution in [0.4, 0.5) is 17.6 Å². The quantitative estimate of drug-likeness (QED) is 0.452. The summed E-state index contributed by atoms with van der Waals surface area (Å²) in [5, 5.41) is 20.6. The molecule has 0 amide bonds. The maximum Gasteiger partial charge on any atom is 0.405 e. The van der Waals surface area contributed by atoms with Crippen LogP contribution in [-0.2, 0) is 4.79 Å². The van der Waals surface area contributed by atoms with Gasteiger partial charge in [-0.05, 0) is 67.1 Å². The van der Waals surface area contributed by atoms with E-state index in [0.29, 0.717) is 22.5 Å². The molecule has 2 atom stereocenters. The number of hydrogen-bond donors (Lipinski definition) is 2. The second-order valence-electron chi connectivity index (χ2n) is 8.76. The molecule has 0 radical (unpaired) electrons. The average Bonchev–Trinajstić information content (AvgIpc) is 2.98. The molecule has 1 saturated carbocycles. The number of alkyl halides is 3. The number of phenolic OH excluding ortho intramolecular Hbond substituents is 1. The Hall–Kier alpha value is -3.03. The number of phenols is 1. The molecule has 2 aromatic carbocycles. The topological polar surface area (TPSA) is 62.5 Å². The first-order chi connectivity index (χ1) is 14.9. The zero-order valence-corrected chi connectivity index (χ0v) is 17.8. The number of carbonyl (C=O) groups is 1. The first-order valence-electron chi connectivity index (χ1n) is 10.3. The van der Waals surface area contributed by atoms with Gasteiger partial charge in [0.25, 0.3) is 0 Å². The number of halogens is 4. The molecular weight excluding hydrogens is 426 g/mol. The predicted octanol–water partition coefficient (Wildman–Crippen LogP) is 6.42. The van der Waals surface area contributed by atoms with Gasteiger partial charge < -0.3 is 14.8 Å². The van der Waals surface area contributed by atoms with E-state index in [1.165, 1.54) is 18.2 Å². The lowest BCUT2D eigenvalue weighted by Gasteiger charge is -2.47. The summed E-state index contributed by atoms with van der Waals surface area (Å²) in [5.74, 6) is -4.20. The van der Waals surface area contributed by atoms with Crippen molar-refractivity contribution in [3.8, 4) is 11.4 Å². The summed E-state index contributed by atoms with van der Waals surface area (Å²) in [7, 11) is 0. The number of carboxylic acids is 1. The minimum atomic E-state index is -4.96. The van der Waals surface area contributed by atoms with E-state index in [1.54, 1.807) is 43.5 Å². The molecule has 1 aliphatic rings. The smallest absolute Gasteiger partial charge is 0.405 e. The van der Waals surface area contributed by atoms with Gasteiger partial charge in [0.15, 0.2) is 5.41 Å². The summed E-state index contributed by atoms with van der Waals surface area (Å²) in [6, 6.07) is 9.01. The van der Waals surface area contributed by atoms with Gasteiger partial charge in [-0.25, -0.2) is 4.39 Å². The minimum absolute atomic E-state index is 0.0292. The summed E-state index contributed by atoms with van der Waals surface area (Å²) in [6.07, 6.45) is -5.45. The van der Waals surface area contributed by atoms with Crippen LogP contribution in [0.1, 0.15) is 55.3 Å². The molecule has 170 valence electrons. The standard InChI is InChI=1S/C24H23F4NO3/c1-12(2)21-19(15-9-10-23(15,22(31)32)24(26,27)28)20-17(5-4-6-18(20)30)29(21)14-7-8-16(25)13(3)11-14/h4-8,11-12,15,30H,9-10H2,1-3H3,(H,31,32). The van der Waals surface area contributed by atoms with Gasteiger partial charge in [0.1, 0.15) is 11.6 Å². The number of aliphatic carboxylic acids is 1. The number of carboxylic acid groups (broad SMARTS) is 1. The van der Waals surface area contributed by atoms with E-state index < -0.39 is 35.7 Å². The normalized spacial score (nSPS) is 21.2. The maximum atomic E-state index is 14.1. The fourth-order valence-electron chi connectivity index (χ4n) is 5.02. The Labute approximate surface area is 182 Å². The number of aromatic nitrogens is 1. The van der Waals surface area contributed by atoms with Crippen LogP contribution in [-0.4, -0.2) is 26.9 Å². The van der Waals surface area contributed by atoms with Gasteiger partial charge in [-0.1, -0.05) is 19.9 Å². The van der Waals surface area contributed by atoms with Gasteiger partial charge in [-0.2, -0.15) is 13.2 Å². The van der Waals surface area contributed by atoms with Crippen LogP contribution in [0.25, 0.3) is 16.6 Å². The highest BCUT2D eigenvalue weighted by Gasteiger charge is 2.70. The van der Waals surface area contributed by atoms with E-state index in [-0.39, 0.29) is 29.0 Å². The summed E-state index contributed by atoms with van der Waals surface area (Å²) in [5.41, 5.74) is -0.908. The molecule has 0 saturated heterocycles. The lowest BCUT2D eigenvalue weighted by molar-refractivity contribution is -0.259. The van der Waals surface area contributed by atoms with Gasteiger partial charge in [-0.3, -0.25) is 4.79 Å². The number of nitrogens with zero attached hydrogens (tertiary/aromatic N) is 1. The highest BCUT2D eigenvalue weighted by atomic mass is 19.4. The molecule has 4 nitrogen and oxygen atoms in total. The SMILES string of the molecule is Cc1cc(-n2c(C(C)C)c(C3CCC3(C(=O)O)C(F)(F)F)c3c(O)cccc32)ccc1F. The zero-order valence-electron chi connectivity index (χ0n) is 17.8. The highest BCUT2D eigenvalue weighted by molar-refractivity contribution is 5.94. The molecule has 1 fully saturated rings. The van der Waals surface area contributed by atoms with Crippen LogP contribution in [0.2, 0.25) is 0 Å². The average molecular weight is 449 g/mol. The molecule has 0 bridgehead atoms. The van der Waals surface area contributed by atoms with Crippen LogP contribution in [0.5, 0.6) is 5.75 Å². The van der Waals surface area contributed by atoms with Crippen molar-refractivity contribution in [1.29, 1.82) is 0 Å². The third-order valence-electron chi connectivity index (χ3n) is 6.65. The molecule has 1 aliphatic carbocycles. The minimum Gasteiger partial charge on any atom is -0.507 e. The Balaban J connectivity index is 2.12. The zero-order chi connectivity index (χ0) is 23.6. The summed E-state index contributed by atoms with van der Waals surface area (Å²) >= 11 is 0. The molecular formula is C24H23F4NO3. The van der Waals surface area contributed by atoms with E-state index in [1.807, 2.05) is 0 Å². The Morgan fingerprint density at radius 2 is 1.91 bits per heavy atom. The lowest BCUT2D eigenvalue weighted by atomic mass is 9.56. The molecule has 4 rings (SSSR count). The molecule has 2 N–H and O–H groups in total. The second kappa shape index (κ2) is 7.25. The Morgan fingerprint density at radius 1 is 1.22 bits per heavy atom. The summed E-state index contributed by atoms with van der Waals surface area (Å²) in [6.45, 7) is 5.19. The van der Waals surface area contributed by atoms with Crippen LogP contribution in [0.3, 0.4) is 0 Å². The largest absolute Gasteiger partial charge is 0.507 e.